The lowest BCUT2D eigenvalue weighted by Crippen LogP contribution is -2.29. The van der Waals surface area contributed by atoms with Crippen LogP contribution in [0.5, 0.6) is 0 Å². The predicted octanol–water partition coefficient (Wildman–Crippen LogP) is 2.00. The molecular formula is C13H28O4. The Kier molecular flexibility index (Phi) is 12.2. The second-order valence-electron chi connectivity index (χ2n) is 4.13. The maximum atomic E-state index is 9.80. The molecule has 0 saturated carbocycles. The normalized spacial score (nSPS) is 14.8. The molecule has 0 aliphatic carbocycles. The van der Waals surface area contributed by atoms with Crippen LogP contribution in [0.25, 0.3) is 0 Å². The maximum Gasteiger partial charge on any atom is 0.0832 e. The highest BCUT2D eigenvalue weighted by Gasteiger charge is 2.16. The third-order valence-electron chi connectivity index (χ3n) is 2.61. The highest BCUT2D eigenvalue weighted by molar-refractivity contribution is 4.66. The summed E-state index contributed by atoms with van der Waals surface area (Å²) in [6.45, 7) is 6.66. The van der Waals surface area contributed by atoms with Gasteiger partial charge in [-0.1, -0.05) is 20.3 Å². The van der Waals surface area contributed by atoms with E-state index in [0.29, 0.717) is 19.8 Å². The molecule has 4 heteroatoms. The van der Waals surface area contributed by atoms with Crippen LogP contribution in [0.4, 0.5) is 0 Å². The molecule has 2 unspecified atom stereocenters. The molecule has 0 saturated heterocycles. The van der Waals surface area contributed by atoms with Crippen molar-refractivity contribution in [1.82, 2.24) is 0 Å². The molecule has 0 bridgehead atoms. The van der Waals surface area contributed by atoms with Gasteiger partial charge in [0.2, 0.25) is 0 Å². The minimum absolute atomic E-state index is 0.0578. The van der Waals surface area contributed by atoms with Crippen molar-refractivity contribution in [3.05, 3.63) is 0 Å². The first kappa shape index (κ1) is 16.8. The number of aliphatic hydroxyl groups excluding tert-OH is 1. The van der Waals surface area contributed by atoms with Gasteiger partial charge in [-0.25, -0.2) is 0 Å². The van der Waals surface area contributed by atoms with Gasteiger partial charge in [0.15, 0.2) is 0 Å². The highest BCUT2D eigenvalue weighted by Crippen LogP contribution is 2.09. The quantitative estimate of drug-likeness (QED) is 0.537. The van der Waals surface area contributed by atoms with Gasteiger partial charge in [-0.2, -0.15) is 0 Å². The molecule has 0 heterocycles. The van der Waals surface area contributed by atoms with E-state index in [2.05, 4.69) is 6.92 Å². The lowest BCUT2D eigenvalue weighted by molar-refractivity contribution is -0.0605. The molecule has 0 aliphatic rings. The number of aliphatic hydroxyl groups is 1. The van der Waals surface area contributed by atoms with Crippen molar-refractivity contribution in [1.29, 1.82) is 0 Å². The van der Waals surface area contributed by atoms with E-state index in [1.165, 1.54) is 0 Å². The molecule has 1 N–H and O–H groups in total. The van der Waals surface area contributed by atoms with E-state index >= 15 is 0 Å². The van der Waals surface area contributed by atoms with Gasteiger partial charge in [0.1, 0.15) is 0 Å². The van der Waals surface area contributed by atoms with Gasteiger partial charge in [0, 0.05) is 20.3 Å². The first-order valence-corrected chi connectivity index (χ1v) is 6.62. The van der Waals surface area contributed by atoms with Crippen LogP contribution in [0.2, 0.25) is 0 Å². The summed E-state index contributed by atoms with van der Waals surface area (Å²) in [6.07, 6.45) is 3.12. The Bertz CT molecular complexity index is 152. The molecule has 0 fully saturated rings. The second-order valence-corrected chi connectivity index (χ2v) is 4.13. The SMILES string of the molecule is CCCC(O)C(CC)OCCOCCCOC. The van der Waals surface area contributed by atoms with E-state index in [4.69, 9.17) is 14.2 Å². The van der Waals surface area contributed by atoms with Gasteiger partial charge in [-0.15, -0.1) is 0 Å². The third-order valence-corrected chi connectivity index (χ3v) is 2.61. The van der Waals surface area contributed by atoms with Crippen LogP contribution in [-0.2, 0) is 14.2 Å². The zero-order chi connectivity index (χ0) is 12.9. The molecule has 0 aromatic rings. The number of ether oxygens (including phenoxy) is 3. The summed E-state index contributed by atoms with van der Waals surface area (Å²) in [4.78, 5) is 0. The summed E-state index contributed by atoms with van der Waals surface area (Å²) in [5.41, 5.74) is 0. The van der Waals surface area contributed by atoms with Gasteiger partial charge >= 0.3 is 0 Å². The summed E-state index contributed by atoms with van der Waals surface area (Å²) >= 11 is 0. The smallest absolute Gasteiger partial charge is 0.0832 e. The Hall–Kier alpha value is -0.160. The van der Waals surface area contributed by atoms with Crippen molar-refractivity contribution in [2.24, 2.45) is 0 Å². The van der Waals surface area contributed by atoms with E-state index in [9.17, 15) is 5.11 Å². The Balaban J connectivity index is 3.43. The fourth-order valence-electron chi connectivity index (χ4n) is 1.65. The lowest BCUT2D eigenvalue weighted by atomic mass is 10.1. The Morgan fingerprint density at radius 3 is 2.41 bits per heavy atom. The first-order valence-electron chi connectivity index (χ1n) is 6.62. The molecule has 4 nitrogen and oxygen atoms in total. The van der Waals surface area contributed by atoms with Gasteiger partial charge in [0.05, 0.1) is 25.4 Å². The monoisotopic (exact) mass is 248 g/mol. The zero-order valence-corrected chi connectivity index (χ0v) is 11.5. The van der Waals surface area contributed by atoms with Crippen molar-refractivity contribution >= 4 is 0 Å². The molecule has 104 valence electrons. The summed E-state index contributed by atoms with van der Waals surface area (Å²) in [5, 5.41) is 9.80. The van der Waals surface area contributed by atoms with Crippen LogP contribution >= 0.6 is 0 Å². The van der Waals surface area contributed by atoms with Crippen LogP contribution in [0, 0.1) is 0 Å². The van der Waals surface area contributed by atoms with E-state index in [1.54, 1.807) is 7.11 Å². The molecule has 0 amide bonds. The number of hydrogen-bond acceptors (Lipinski definition) is 4. The van der Waals surface area contributed by atoms with Gasteiger partial charge < -0.3 is 19.3 Å². The van der Waals surface area contributed by atoms with Crippen LogP contribution in [-0.4, -0.2) is 50.9 Å². The standard InChI is InChI=1S/C13H28O4/c1-4-7-12(14)13(5-2)17-11-10-16-9-6-8-15-3/h12-14H,4-11H2,1-3H3. The van der Waals surface area contributed by atoms with Crippen LogP contribution < -0.4 is 0 Å². The van der Waals surface area contributed by atoms with Gasteiger partial charge in [0.25, 0.3) is 0 Å². The van der Waals surface area contributed by atoms with Crippen molar-refractivity contribution < 1.29 is 19.3 Å². The molecule has 0 spiro atoms. The van der Waals surface area contributed by atoms with Crippen molar-refractivity contribution in [2.45, 2.75) is 51.7 Å². The number of rotatable bonds is 12. The molecule has 0 aliphatic heterocycles. The van der Waals surface area contributed by atoms with Crippen molar-refractivity contribution in [3.8, 4) is 0 Å². The lowest BCUT2D eigenvalue weighted by Gasteiger charge is -2.21. The molecule has 0 radical (unpaired) electrons. The fourth-order valence-corrected chi connectivity index (χ4v) is 1.65. The minimum Gasteiger partial charge on any atom is -0.390 e. The zero-order valence-electron chi connectivity index (χ0n) is 11.5. The largest absolute Gasteiger partial charge is 0.390 e. The van der Waals surface area contributed by atoms with Gasteiger partial charge in [-0.05, 0) is 19.3 Å². The Labute approximate surface area is 105 Å². The molecule has 17 heavy (non-hydrogen) atoms. The van der Waals surface area contributed by atoms with Crippen molar-refractivity contribution in [3.63, 3.8) is 0 Å². The van der Waals surface area contributed by atoms with Crippen LogP contribution in [0.3, 0.4) is 0 Å². The first-order chi connectivity index (χ1) is 8.26. The second kappa shape index (κ2) is 12.3. The minimum atomic E-state index is -0.349. The molecule has 0 aromatic carbocycles. The summed E-state index contributed by atoms with van der Waals surface area (Å²) in [6, 6.07) is 0. The molecule has 2 atom stereocenters. The van der Waals surface area contributed by atoms with Crippen LogP contribution in [0.15, 0.2) is 0 Å². The third kappa shape index (κ3) is 9.53. The van der Waals surface area contributed by atoms with Crippen molar-refractivity contribution in [2.75, 3.05) is 33.5 Å². The average Bonchev–Trinajstić information content (AvgIpc) is 2.33. The predicted molar refractivity (Wildman–Crippen MR) is 68.3 cm³/mol. The highest BCUT2D eigenvalue weighted by atomic mass is 16.5. The topological polar surface area (TPSA) is 47.9 Å². The average molecular weight is 248 g/mol. The molecule has 0 aromatic heterocycles. The summed E-state index contributed by atoms with van der Waals surface area (Å²) in [7, 11) is 1.68. The molecular weight excluding hydrogens is 220 g/mol. The fraction of sp³-hybridized carbons (Fsp3) is 1.00. The van der Waals surface area contributed by atoms with E-state index in [1.807, 2.05) is 6.92 Å². The van der Waals surface area contributed by atoms with Crippen LogP contribution in [0.1, 0.15) is 39.5 Å². The van der Waals surface area contributed by atoms with Gasteiger partial charge in [-0.3, -0.25) is 0 Å². The summed E-state index contributed by atoms with van der Waals surface area (Å²) < 4.78 is 15.9. The van der Waals surface area contributed by atoms with E-state index < -0.39 is 0 Å². The summed E-state index contributed by atoms with van der Waals surface area (Å²) in [5.74, 6) is 0. The van der Waals surface area contributed by atoms with E-state index in [0.717, 1.165) is 32.3 Å². The number of methoxy groups -OCH3 is 1. The Morgan fingerprint density at radius 2 is 1.82 bits per heavy atom. The number of hydrogen-bond donors (Lipinski definition) is 1. The van der Waals surface area contributed by atoms with E-state index in [-0.39, 0.29) is 12.2 Å². The Morgan fingerprint density at radius 1 is 1.06 bits per heavy atom. The maximum absolute atomic E-state index is 9.80. The molecule has 0 rings (SSSR count).